The number of esters is 1. The lowest BCUT2D eigenvalue weighted by atomic mass is 9.98. The predicted octanol–water partition coefficient (Wildman–Crippen LogP) is 5.23. The van der Waals surface area contributed by atoms with E-state index in [9.17, 15) is 4.79 Å². The Bertz CT molecular complexity index is 708. The van der Waals surface area contributed by atoms with E-state index in [0.717, 1.165) is 12.0 Å². The smallest absolute Gasteiger partial charge is 0.342 e. The van der Waals surface area contributed by atoms with Gasteiger partial charge in [0.25, 0.3) is 0 Å². The van der Waals surface area contributed by atoms with Crippen LogP contribution in [0.2, 0.25) is 0 Å². The molecule has 0 aliphatic rings. The molecule has 0 unspecified atom stereocenters. The topological polar surface area (TPSA) is 63.2 Å². The minimum Gasteiger partial charge on any atom is -0.467 e. The molecular weight excluding hydrogens is 384 g/mol. The molecule has 0 saturated heterocycles. The molecule has 6 nitrogen and oxygen atoms in total. The quantitative estimate of drug-likeness (QED) is 0.120. The molecule has 0 N–H and O–H groups in total. The van der Waals surface area contributed by atoms with Crippen LogP contribution in [0.5, 0.6) is 11.5 Å². The molecule has 1 rings (SSSR count). The van der Waals surface area contributed by atoms with Crippen molar-refractivity contribution in [3.8, 4) is 11.5 Å². The van der Waals surface area contributed by atoms with Crippen LogP contribution in [0, 0.1) is 0 Å². The zero-order chi connectivity index (χ0) is 22.2. The second-order valence-electron chi connectivity index (χ2n) is 6.32. The van der Waals surface area contributed by atoms with Crippen molar-refractivity contribution in [2.24, 2.45) is 0 Å². The van der Waals surface area contributed by atoms with Gasteiger partial charge in [0.1, 0.15) is 17.1 Å². The summed E-state index contributed by atoms with van der Waals surface area (Å²) in [4.78, 5) is 12.9. The number of hydrogen-bond donors (Lipinski definition) is 0. The molecule has 6 heteroatoms. The van der Waals surface area contributed by atoms with E-state index >= 15 is 0 Å². The van der Waals surface area contributed by atoms with Gasteiger partial charge in [-0.1, -0.05) is 37.3 Å². The van der Waals surface area contributed by atoms with Crippen molar-refractivity contribution in [1.29, 1.82) is 0 Å². The molecule has 0 amide bonds. The number of ether oxygens (including phenoxy) is 5. The summed E-state index contributed by atoms with van der Waals surface area (Å²) in [6, 6.07) is 3.44. The lowest BCUT2D eigenvalue weighted by molar-refractivity contribution is 0.0171. The van der Waals surface area contributed by atoms with Gasteiger partial charge in [0.15, 0.2) is 13.6 Å². The maximum Gasteiger partial charge on any atom is 0.342 e. The number of benzene rings is 1. The molecule has 30 heavy (non-hydrogen) atoms. The Hall–Kier alpha value is -2.57. The fraction of sp³-hybridized carbons (Fsp3) is 0.458. The third kappa shape index (κ3) is 9.29. The van der Waals surface area contributed by atoms with Gasteiger partial charge in [0.2, 0.25) is 0 Å². The van der Waals surface area contributed by atoms with Crippen LogP contribution in [-0.2, 0) is 20.6 Å². The lowest BCUT2D eigenvalue weighted by Crippen LogP contribution is -2.14. The van der Waals surface area contributed by atoms with Crippen LogP contribution in [0.4, 0.5) is 0 Å². The number of allylic oxidation sites excluding steroid dienone is 3. The van der Waals surface area contributed by atoms with E-state index in [0.29, 0.717) is 48.7 Å². The normalized spacial score (nSPS) is 10.8. The summed E-state index contributed by atoms with van der Waals surface area (Å²) in [5.74, 6) is 0.394. The second-order valence-corrected chi connectivity index (χ2v) is 6.32. The highest BCUT2D eigenvalue weighted by Gasteiger charge is 2.22. The first-order valence-corrected chi connectivity index (χ1v) is 10.3. The standard InChI is InChI=1S/C24H34O6/c1-6-10-12-19(5)14-20-15-21(29-17-26-8-3)16-22(30-18-27-9-4)23(20)24(25)28-13-11-7-2/h7,10,12,15-16H,2,5-6,8-9,11,13-14,17-18H2,1,3-4H3/b12-10+. The van der Waals surface area contributed by atoms with E-state index in [2.05, 4.69) is 13.2 Å². The highest BCUT2D eigenvalue weighted by molar-refractivity contribution is 5.94. The monoisotopic (exact) mass is 418 g/mol. The van der Waals surface area contributed by atoms with Crippen molar-refractivity contribution in [1.82, 2.24) is 0 Å². The summed E-state index contributed by atoms with van der Waals surface area (Å²) in [5.41, 5.74) is 1.90. The number of rotatable bonds is 16. The van der Waals surface area contributed by atoms with Crippen LogP contribution in [-0.4, -0.2) is 39.4 Å². The number of hydrogen-bond acceptors (Lipinski definition) is 6. The molecule has 0 spiro atoms. The minimum absolute atomic E-state index is 0.00841. The van der Waals surface area contributed by atoms with Gasteiger partial charge < -0.3 is 23.7 Å². The maximum absolute atomic E-state index is 12.9. The van der Waals surface area contributed by atoms with Crippen LogP contribution in [0.15, 0.2) is 49.1 Å². The Morgan fingerprint density at radius 1 is 1.07 bits per heavy atom. The third-order valence-corrected chi connectivity index (χ3v) is 3.94. The number of carbonyl (C=O) groups excluding carboxylic acids is 1. The summed E-state index contributed by atoms with van der Waals surface area (Å²) in [7, 11) is 0. The predicted molar refractivity (Wildman–Crippen MR) is 118 cm³/mol. The van der Waals surface area contributed by atoms with Gasteiger partial charge in [-0.3, -0.25) is 0 Å². The fourth-order valence-electron chi connectivity index (χ4n) is 2.49. The summed E-state index contributed by atoms with van der Waals surface area (Å²) in [6.45, 7) is 14.9. The Labute approximate surface area is 180 Å². The molecule has 0 atom stereocenters. The third-order valence-electron chi connectivity index (χ3n) is 3.94. The van der Waals surface area contributed by atoms with Gasteiger partial charge in [-0.25, -0.2) is 4.79 Å². The second kappa shape index (κ2) is 15.3. The summed E-state index contributed by atoms with van der Waals surface area (Å²) < 4.78 is 27.4. The molecule has 0 saturated carbocycles. The zero-order valence-corrected chi connectivity index (χ0v) is 18.4. The highest BCUT2D eigenvalue weighted by atomic mass is 16.7. The van der Waals surface area contributed by atoms with Gasteiger partial charge in [-0.15, -0.1) is 6.58 Å². The van der Waals surface area contributed by atoms with E-state index in [4.69, 9.17) is 23.7 Å². The molecule has 166 valence electrons. The van der Waals surface area contributed by atoms with Crippen LogP contribution >= 0.6 is 0 Å². The molecule has 0 aliphatic carbocycles. The maximum atomic E-state index is 12.9. The Balaban J connectivity index is 3.30. The lowest BCUT2D eigenvalue weighted by Gasteiger charge is -2.17. The highest BCUT2D eigenvalue weighted by Crippen LogP contribution is 2.32. The SMILES string of the molecule is C=CCCOC(=O)c1c(CC(=C)/C=C/CC)cc(OCOCC)cc1OCOCC. The van der Waals surface area contributed by atoms with E-state index in [1.807, 2.05) is 32.9 Å². The van der Waals surface area contributed by atoms with Gasteiger partial charge in [-0.2, -0.15) is 0 Å². The van der Waals surface area contributed by atoms with E-state index in [-0.39, 0.29) is 20.2 Å². The molecule has 0 bridgehead atoms. The first kappa shape index (κ1) is 25.5. The average molecular weight is 419 g/mol. The molecule has 0 aromatic heterocycles. The van der Waals surface area contributed by atoms with Crippen molar-refractivity contribution in [2.75, 3.05) is 33.4 Å². The number of carbonyl (C=O) groups is 1. The fourth-order valence-corrected chi connectivity index (χ4v) is 2.49. The van der Waals surface area contributed by atoms with Gasteiger partial charge >= 0.3 is 5.97 Å². The minimum atomic E-state index is -0.470. The Kier molecular flexibility index (Phi) is 13.0. The Morgan fingerprint density at radius 2 is 1.77 bits per heavy atom. The molecule has 0 radical (unpaired) electrons. The summed E-state index contributed by atoms with van der Waals surface area (Å²) >= 11 is 0. The van der Waals surface area contributed by atoms with Crippen molar-refractivity contribution < 1.29 is 28.5 Å². The van der Waals surface area contributed by atoms with Crippen molar-refractivity contribution in [3.63, 3.8) is 0 Å². The van der Waals surface area contributed by atoms with E-state index < -0.39 is 5.97 Å². The van der Waals surface area contributed by atoms with Gasteiger partial charge in [0.05, 0.1) is 6.61 Å². The van der Waals surface area contributed by atoms with Gasteiger partial charge in [0, 0.05) is 19.3 Å². The molecule has 0 aliphatic heterocycles. The van der Waals surface area contributed by atoms with Crippen LogP contribution in [0.25, 0.3) is 0 Å². The largest absolute Gasteiger partial charge is 0.467 e. The first-order chi connectivity index (χ1) is 14.6. The van der Waals surface area contributed by atoms with Crippen LogP contribution in [0.3, 0.4) is 0 Å². The molecule has 0 heterocycles. The molecular formula is C24H34O6. The molecule has 0 fully saturated rings. The Morgan fingerprint density at radius 3 is 2.40 bits per heavy atom. The van der Waals surface area contributed by atoms with E-state index in [1.54, 1.807) is 18.2 Å². The van der Waals surface area contributed by atoms with Crippen molar-refractivity contribution in [3.05, 3.63) is 60.2 Å². The van der Waals surface area contributed by atoms with Gasteiger partial charge in [-0.05, 0) is 44.7 Å². The zero-order valence-electron chi connectivity index (χ0n) is 18.4. The van der Waals surface area contributed by atoms with Crippen molar-refractivity contribution in [2.45, 2.75) is 40.0 Å². The molecule has 1 aromatic carbocycles. The summed E-state index contributed by atoms with van der Waals surface area (Å²) in [5, 5.41) is 0. The van der Waals surface area contributed by atoms with Crippen LogP contribution < -0.4 is 9.47 Å². The van der Waals surface area contributed by atoms with E-state index in [1.165, 1.54) is 0 Å². The van der Waals surface area contributed by atoms with Crippen LogP contribution in [0.1, 0.15) is 49.5 Å². The van der Waals surface area contributed by atoms with Crippen molar-refractivity contribution >= 4 is 5.97 Å². The summed E-state index contributed by atoms with van der Waals surface area (Å²) in [6.07, 6.45) is 7.57. The first-order valence-electron chi connectivity index (χ1n) is 10.3. The molecule has 1 aromatic rings. The average Bonchev–Trinajstić information content (AvgIpc) is 2.72.